The van der Waals surface area contributed by atoms with Crippen molar-refractivity contribution in [1.82, 2.24) is 0 Å². The SMILES string of the molecule is BrC1CC[C@H]2CC=C[C@H]2C1. The van der Waals surface area contributed by atoms with Crippen molar-refractivity contribution < 1.29 is 0 Å². The molecule has 0 nitrogen and oxygen atoms in total. The summed E-state index contributed by atoms with van der Waals surface area (Å²) in [7, 11) is 0. The van der Waals surface area contributed by atoms with E-state index in [9.17, 15) is 0 Å². The highest BCUT2D eigenvalue weighted by Gasteiger charge is 2.29. The zero-order valence-electron chi connectivity index (χ0n) is 6.09. The Kier molecular flexibility index (Phi) is 1.86. The first-order chi connectivity index (χ1) is 4.86. The lowest BCUT2D eigenvalue weighted by Gasteiger charge is -2.28. The number of alkyl halides is 1. The van der Waals surface area contributed by atoms with E-state index in [-0.39, 0.29) is 0 Å². The third-order valence-electron chi connectivity index (χ3n) is 2.81. The zero-order chi connectivity index (χ0) is 6.97. The first-order valence-electron chi connectivity index (χ1n) is 4.17. The Labute approximate surface area is 70.8 Å². The quantitative estimate of drug-likeness (QED) is 0.417. The highest BCUT2D eigenvalue weighted by molar-refractivity contribution is 9.09. The molecular formula is C9H13Br. The van der Waals surface area contributed by atoms with E-state index in [1.54, 1.807) is 0 Å². The number of allylic oxidation sites excluding steroid dienone is 2. The second kappa shape index (κ2) is 2.69. The van der Waals surface area contributed by atoms with E-state index in [0.717, 1.165) is 16.7 Å². The van der Waals surface area contributed by atoms with Crippen LogP contribution in [-0.2, 0) is 0 Å². The van der Waals surface area contributed by atoms with Crippen molar-refractivity contribution >= 4 is 15.9 Å². The van der Waals surface area contributed by atoms with Crippen LogP contribution in [0.3, 0.4) is 0 Å². The standard InChI is InChI=1S/C9H13Br/c10-9-5-4-7-2-1-3-8(7)6-9/h1,3,7-9H,2,4-6H2/t7-,8+,9?/m1/s1. The summed E-state index contributed by atoms with van der Waals surface area (Å²) in [6.45, 7) is 0. The summed E-state index contributed by atoms with van der Waals surface area (Å²) in [6.07, 6.45) is 10.3. The van der Waals surface area contributed by atoms with Gasteiger partial charge < -0.3 is 0 Å². The molecule has 2 rings (SSSR count). The summed E-state index contributed by atoms with van der Waals surface area (Å²) in [5.74, 6) is 1.92. The molecule has 0 spiro atoms. The molecule has 0 bridgehead atoms. The minimum Gasteiger partial charge on any atom is -0.0890 e. The van der Waals surface area contributed by atoms with Crippen LogP contribution >= 0.6 is 15.9 Å². The van der Waals surface area contributed by atoms with Gasteiger partial charge in [0.1, 0.15) is 0 Å². The topological polar surface area (TPSA) is 0 Å². The molecule has 0 heterocycles. The van der Waals surface area contributed by atoms with Gasteiger partial charge in [0, 0.05) is 4.83 Å². The maximum absolute atomic E-state index is 3.69. The van der Waals surface area contributed by atoms with Gasteiger partial charge >= 0.3 is 0 Å². The van der Waals surface area contributed by atoms with E-state index >= 15 is 0 Å². The van der Waals surface area contributed by atoms with E-state index in [0.29, 0.717) is 0 Å². The molecule has 0 radical (unpaired) electrons. The molecule has 1 saturated carbocycles. The predicted molar refractivity (Wildman–Crippen MR) is 47.3 cm³/mol. The van der Waals surface area contributed by atoms with Crippen molar-refractivity contribution in [2.75, 3.05) is 0 Å². The second-order valence-corrected chi connectivity index (χ2v) is 4.79. The normalized spacial score (nSPS) is 45.5. The van der Waals surface area contributed by atoms with E-state index in [4.69, 9.17) is 0 Å². The lowest BCUT2D eigenvalue weighted by molar-refractivity contribution is 0.313. The maximum Gasteiger partial charge on any atom is 0.0151 e. The molecule has 0 aromatic rings. The molecule has 1 unspecified atom stereocenters. The molecule has 0 N–H and O–H groups in total. The number of hydrogen-bond acceptors (Lipinski definition) is 0. The van der Waals surface area contributed by atoms with Crippen LogP contribution in [0.2, 0.25) is 0 Å². The van der Waals surface area contributed by atoms with Crippen LogP contribution in [0.5, 0.6) is 0 Å². The molecule has 0 saturated heterocycles. The highest BCUT2D eigenvalue weighted by Crippen LogP contribution is 2.39. The van der Waals surface area contributed by atoms with Crippen molar-refractivity contribution in [3.63, 3.8) is 0 Å². The van der Waals surface area contributed by atoms with Crippen molar-refractivity contribution in [2.24, 2.45) is 11.8 Å². The fourth-order valence-electron chi connectivity index (χ4n) is 2.17. The Morgan fingerprint density at radius 3 is 3.10 bits per heavy atom. The third kappa shape index (κ3) is 1.16. The summed E-state index contributed by atoms with van der Waals surface area (Å²) in [6, 6.07) is 0. The van der Waals surface area contributed by atoms with Crippen LogP contribution in [0, 0.1) is 11.8 Å². The molecule has 10 heavy (non-hydrogen) atoms. The molecule has 0 aromatic heterocycles. The summed E-state index contributed by atoms with van der Waals surface area (Å²) in [5, 5.41) is 0. The Morgan fingerprint density at radius 2 is 2.20 bits per heavy atom. The van der Waals surface area contributed by atoms with Gasteiger partial charge in [0.15, 0.2) is 0 Å². The van der Waals surface area contributed by atoms with E-state index in [1.165, 1.54) is 25.7 Å². The molecule has 2 aliphatic carbocycles. The van der Waals surface area contributed by atoms with Gasteiger partial charge in [-0.1, -0.05) is 28.1 Å². The highest BCUT2D eigenvalue weighted by atomic mass is 79.9. The molecule has 3 atom stereocenters. The summed E-state index contributed by atoms with van der Waals surface area (Å²) >= 11 is 3.69. The fourth-order valence-corrected chi connectivity index (χ4v) is 2.87. The molecule has 56 valence electrons. The summed E-state index contributed by atoms with van der Waals surface area (Å²) < 4.78 is 0. The largest absolute Gasteiger partial charge is 0.0890 e. The molecule has 0 aliphatic heterocycles. The first kappa shape index (κ1) is 6.90. The van der Waals surface area contributed by atoms with E-state index in [1.807, 2.05) is 0 Å². The minimum absolute atomic E-state index is 0.802. The lowest BCUT2D eigenvalue weighted by Crippen LogP contribution is -2.20. The molecule has 1 heteroatoms. The van der Waals surface area contributed by atoms with Crippen molar-refractivity contribution in [1.29, 1.82) is 0 Å². The average molecular weight is 201 g/mol. The number of halogens is 1. The van der Waals surface area contributed by atoms with Gasteiger partial charge in [-0.15, -0.1) is 0 Å². The Hall–Kier alpha value is 0.220. The van der Waals surface area contributed by atoms with Gasteiger partial charge in [-0.2, -0.15) is 0 Å². The van der Waals surface area contributed by atoms with Crippen LogP contribution < -0.4 is 0 Å². The predicted octanol–water partition coefficient (Wildman–Crippen LogP) is 3.13. The summed E-state index contributed by atoms with van der Waals surface area (Å²) in [4.78, 5) is 0.802. The summed E-state index contributed by atoms with van der Waals surface area (Å²) in [5.41, 5.74) is 0. The van der Waals surface area contributed by atoms with Gasteiger partial charge in [0.2, 0.25) is 0 Å². The van der Waals surface area contributed by atoms with Crippen LogP contribution in [0.1, 0.15) is 25.7 Å². The van der Waals surface area contributed by atoms with Gasteiger partial charge in [-0.3, -0.25) is 0 Å². The van der Waals surface area contributed by atoms with Crippen LogP contribution in [0.15, 0.2) is 12.2 Å². The van der Waals surface area contributed by atoms with Crippen LogP contribution in [0.4, 0.5) is 0 Å². The van der Waals surface area contributed by atoms with Gasteiger partial charge in [-0.25, -0.2) is 0 Å². The number of rotatable bonds is 0. The fraction of sp³-hybridized carbons (Fsp3) is 0.778. The Bertz CT molecular complexity index is 151. The molecule has 0 amide bonds. The average Bonchev–Trinajstić information content (AvgIpc) is 2.33. The Balaban J connectivity index is 2.01. The smallest absolute Gasteiger partial charge is 0.0151 e. The molecular weight excluding hydrogens is 188 g/mol. The molecule has 2 aliphatic rings. The van der Waals surface area contributed by atoms with Gasteiger partial charge in [0.05, 0.1) is 0 Å². The Morgan fingerprint density at radius 1 is 1.30 bits per heavy atom. The monoisotopic (exact) mass is 200 g/mol. The second-order valence-electron chi connectivity index (χ2n) is 3.50. The maximum atomic E-state index is 3.69. The van der Waals surface area contributed by atoms with Gasteiger partial charge in [-0.05, 0) is 37.5 Å². The lowest BCUT2D eigenvalue weighted by atomic mass is 9.81. The van der Waals surface area contributed by atoms with Gasteiger partial charge in [0.25, 0.3) is 0 Å². The van der Waals surface area contributed by atoms with Crippen LogP contribution in [0.25, 0.3) is 0 Å². The number of fused-ring (bicyclic) bond motifs is 1. The van der Waals surface area contributed by atoms with Crippen molar-refractivity contribution in [3.05, 3.63) is 12.2 Å². The molecule has 1 fully saturated rings. The molecule has 0 aromatic carbocycles. The van der Waals surface area contributed by atoms with E-state index < -0.39 is 0 Å². The van der Waals surface area contributed by atoms with Crippen LogP contribution in [-0.4, -0.2) is 4.83 Å². The number of hydrogen-bond donors (Lipinski definition) is 0. The van der Waals surface area contributed by atoms with Crippen molar-refractivity contribution in [2.45, 2.75) is 30.5 Å². The van der Waals surface area contributed by atoms with Crippen molar-refractivity contribution in [3.8, 4) is 0 Å². The zero-order valence-corrected chi connectivity index (χ0v) is 7.68. The van der Waals surface area contributed by atoms with E-state index in [2.05, 4.69) is 28.1 Å². The first-order valence-corrected chi connectivity index (χ1v) is 5.08. The minimum atomic E-state index is 0.802. The third-order valence-corrected chi connectivity index (χ3v) is 3.64.